The molecule has 0 aliphatic rings. The van der Waals surface area contributed by atoms with Gasteiger partial charge < -0.3 is 5.32 Å². The third-order valence-corrected chi connectivity index (χ3v) is 3.72. The molecular formula is C14H16FNS. The molecule has 90 valence electrons. The molecule has 0 fully saturated rings. The first-order chi connectivity index (χ1) is 8.15. The van der Waals surface area contributed by atoms with E-state index in [1.165, 1.54) is 15.8 Å². The number of thiophene rings is 1. The van der Waals surface area contributed by atoms with Gasteiger partial charge >= 0.3 is 0 Å². The van der Waals surface area contributed by atoms with Crippen LogP contribution in [0.1, 0.15) is 20.9 Å². The Kier molecular flexibility index (Phi) is 3.92. The Morgan fingerprint density at radius 1 is 1.12 bits per heavy atom. The van der Waals surface area contributed by atoms with Gasteiger partial charge in [0, 0.05) is 22.8 Å². The summed E-state index contributed by atoms with van der Waals surface area (Å²) in [5.41, 5.74) is 2.15. The van der Waals surface area contributed by atoms with Gasteiger partial charge in [-0.05, 0) is 49.2 Å². The third-order valence-electron chi connectivity index (χ3n) is 2.72. The van der Waals surface area contributed by atoms with Crippen molar-refractivity contribution in [1.82, 2.24) is 5.32 Å². The summed E-state index contributed by atoms with van der Waals surface area (Å²) in [5.74, 6) is -0.167. The lowest BCUT2D eigenvalue weighted by atomic mass is 10.1. The molecule has 3 heteroatoms. The topological polar surface area (TPSA) is 12.0 Å². The van der Waals surface area contributed by atoms with Gasteiger partial charge in [-0.15, -0.1) is 11.3 Å². The number of nitrogens with one attached hydrogen (secondary N) is 1. The van der Waals surface area contributed by atoms with Crippen molar-refractivity contribution < 1.29 is 4.39 Å². The predicted molar refractivity (Wildman–Crippen MR) is 70.7 cm³/mol. The summed E-state index contributed by atoms with van der Waals surface area (Å²) in [6, 6.07) is 9.17. The minimum atomic E-state index is -0.167. The Labute approximate surface area is 105 Å². The molecule has 1 N–H and O–H groups in total. The van der Waals surface area contributed by atoms with Crippen LogP contribution >= 0.6 is 11.3 Å². The smallest absolute Gasteiger partial charge is 0.123 e. The van der Waals surface area contributed by atoms with Gasteiger partial charge in [-0.2, -0.15) is 0 Å². The number of halogens is 1. The number of hydrogen-bond donors (Lipinski definition) is 1. The van der Waals surface area contributed by atoms with Gasteiger partial charge in [0.25, 0.3) is 0 Å². The molecule has 0 aliphatic heterocycles. The Hall–Kier alpha value is -1.19. The van der Waals surface area contributed by atoms with Crippen molar-refractivity contribution in [2.75, 3.05) is 0 Å². The summed E-state index contributed by atoms with van der Waals surface area (Å²) in [5, 5.41) is 3.34. The molecule has 0 bridgehead atoms. The van der Waals surface area contributed by atoms with Crippen molar-refractivity contribution in [1.29, 1.82) is 0 Å². The summed E-state index contributed by atoms with van der Waals surface area (Å²) in [4.78, 5) is 2.64. The highest BCUT2D eigenvalue weighted by atomic mass is 32.1. The highest BCUT2D eigenvalue weighted by molar-refractivity contribution is 7.11. The molecule has 2 aromatic rings. The molecule has 0 amide bonds. The maximum absolute atomic E-state index is 13.1. The Morgan fingerprint density at radius 2 is 1.94 bits per heavy atom. The number of benzene rings is 1. The van der Waals surface area contributed by atoms with Crippen LogP contribution in [0.3, 0.4) is 0 Å². The molecule has 1 heterocycles. The van der Waals surface area contributed by atoms with Crippen LogP contribution in [0.15, 0.2) is 30.3 Å². The standard InChI is InChI=1S/C14H16FNS/c1-10-3-5-13(15)7-12(10)8-16-9-14-6-4-11(2)17-14/h3-7,16H,8-9H2,1-2H3. The van der Waals surface area contributed by atoms with Crippen molar-refractivity contribution >= 4 is 11.3 Å². The summed E-state index contributed by atoms with van der Waals surface area (Å²) in [6.07, 6.45) is 0. The van der Waals surface area contributed by atoms with Gasteiger partial charge in [0.1, 0.15) is 5.82 Å². The second-order valence-electron chi connectivity index (χ2n) is 4.19. The SMILES string of the molecule is Cc1ccc(CNCc2cc(F)ccc2C)s1. The fraction of sp³-hybridized carbons (Fsp3) is 0.286. The number of hydrogen-bond acceptors (Lipinski definition) is 2. The summed E-state index contributed by atoms with van der Waals surface area (Å²) >= 11 is 1.79. The highest BCUT2D eigenvalue weighted by Gasteiger charge is 2.01. The van der Waals surface area contributed by atoms with Crippen molar-refractivity contribution in [3.63, 3.8) is 0 Å². The molecule has 0 radical (unpaired) electrons. The number of aryl methyl sites for hydroxylation is 2. The van der Waals surface area contributed by atoms with Crippen LogP contribution in [0.5, 0.6) is 0 Å². The van der Waals surface area contributed by atoms with Gasteiger partial charge in [0.05, 0.1) is 0 Å². The Bertz CT molecular complexity index is 505. The van der Waals surface area contributed by atoms with E-state index in [9.17, 15) is 4.39 Å². The van der Waals surface area contributed by atoms with Crippen LogP contribution in [-0.4, -0.2) is 0 Å². The normalized spacial score (nSPS) is 10.8. The Morgan fingerprint density at radius 3 is 2.65 bits per heavy atom. The quantitative estimate of drug-likeness (QED) is 0.869. The molecular weight excluding hydrogens is 233 g/mol. The van der Waals surface area contributed by atoms with Crippen molar-refractivity contribution in [3.05, 3.63) is 57.0 Å². The lowest BCUT2D eigenvalue weighted by molar-refractivity contribution is 0.619. The predicted octanol–water partition coefficient (Wildman–Crippen LogP) is 3.79. The minimum absolute atomic E-state index is 0.167. The molecule has 0 saturated heterocycles. The third kappa shape index (κ3) is 3.38. The van der Waals surface area contributed by atoms with Gasteiger partial charge in [-0.25, -0.2) is 4.39 Å². The fourth-order valence-corrected chi connectivity index (χ4v) is 2.59. The van der Waals surface area contributed by atoms with Gasteiger partial charge in [0.15, 0.2) is 0 Å². The minimum Gasteiger partial charge on any atom is -0.308 e. The van der Waals surface area contributed by atoms with E-state index in [1.54, 1.807) is 17.4 Å². The van der Waals surface area contributed by atoms with Crippen LogP contribution in [-0.2, 0) is 13.1 Å². The average Bonchev–Trinajstić information content (AvgIpc) is 2.69. The first-order valence-corrected chi connectivity index (χ1v) is 6.48. The van der Waals surface area contributed by atoms with Gasteiger partial charge in [0.2, 0.25) is 0 Å². The van der Waals surface area contributed by atoms with E-state index in [2.05, 4.69) is 24.4 Å². The van der Waals surface area contributed by atoms with E-state index in [4.69, 9.17) is 0 Å². The zero-order valence-electron chi connectivity index (χ0n) is 10.1. The van der Waals surface area contributed by atoms with Crippen molar-refractivity contribution in [3.8, 4) is 0 Å². The molecule has 0 spiro atoms. The van der Waals surface area contributed by atoms with E-state index in [0.717, 1.165) is 17.7 Å². The van der Waals surface area contributed by atoms with Crippen LogP contribution in [0.2, 0.25) is 0 Å². The molecule has 0 saturated carbocycles. The second kappa shape index (κ2) is 5.43. The summed E-state index contributed by atoms with van der Waals surface area (Å²) in [6.45, 7) is 5.66. The van der Waals surface area contributed by atoms with E-state index >= 15 is 0 Å². The average molecular weight is 249 g/mol. The maximum atomic E-state index is 13.1. The monoisotopic (exact) mass is 249 g/mol. The molecule has 1 aromatic carbocycles. The molecule has 0 atom stereocenters. The molecule has 17 heavy (non-hydrogen) atoms. The van der Waals surface area contributed by atoms with Crippen LogP contribution < -0.4 is 5.32 Å². The van der Waals surface area contributed by atoms with E-state index in [0.29, 0.717) is 6.54 Å². The Balaban J connectivity index is 1.91. The maximum Gasteiger partial charge on any atom is 0.123 e. The largest absolute Gasteiger partial charge is 0.308 e. The molecule has 1 aromatic heterocycles. The van der Waals surface area contributed by atoms with Gasteiger partial charge in [-0.3, -0.25) is 0 Å². The van der Waals surface area contributed by atoms with Crippen LogP contribution in [0.4, 0.5) is 4.39 Å². The van der Waals surface area contributed by atoms with Crippen LogP contribution in [0.25, 0.3) is 0 Å². The fourth-order valence-electron chi connectivity index (χ4n) is 1.73. The molecule has 0 unspecified atom stereocenters. The zero-order valence-corrected chi connectivity index (χ0v) is 10.9. The summed E-state index contributed by atoms with van der Waals surface area (Å²) in [7, 11) is 0. The molecule has 0 aliphatic carbocycles. The van der Waals surface area contributed by atoms with E-state index in [-0.39, 0.29) is 5.82 Å². The van der Waals surface area contributed by atoms with Crippen molar-refractivity contribution in [2.45, 2.75) is 26.9 Å². The highest BCUT2D eigenvalue weighted by Crippen LogP contribution is 2.15. The van der Waals surface area contributed by atoms with E-state index in [1.807, 2.05) is 13.0 Å². The zero-order chi connectivity index (χ0) is 12.3. The lowest BCUT2D eigenvalue weighted by Gasteiger charge is -2.07. The van der Waals surface area contributed by atoms with E-state index < -0.39 is 0 Å². The first kappa shape index (κ1) is 12.3. The van der Waals surface area contributed by atoms with Crippen molar-refractivity contribution in [2.24, 2.45) is 0 Å². The second-order valence-corrected chi connectivity index (χ2v) is 5.56. The van der Waals surface area contributed by atoms with Gasteiger partial charge in [-0.1, -0.05) is 6.07 Å². The lowest BCUT2D eigenvalue weighted by Crippen LogP contribution is -2.12. The molecule has 1 nitrogen and oxygen atoms in total. The van der Waals surface area contributed by atoms with Crippen LogP contribution in [0, 0.1) is 19.7 Å². The first-order valence-electron chi connectivity index (χ1n) is 5.66. The molecule has 2 rings (SSSR count). The summed E-state index contributed by atoms with van der Waals surface area (Å²) < 4.78 is 13.1. The number of rotatable bonds is 4.